The van der Waals surface area contributed by atoms with Gasteiger partial charge in [0.15, 0.2) is 14.2 Å². The van der Waals surface area contributed by atoms with Crippen molar-refractivity contribution in [2.24, 2.45) is 10.1 Å². The molecule has 0 fully saturated rings. The van der Waals surface area contributed by atoms with E-state index in [9.17, 15) is 4.79 Å². The number of amidine groups is 1. The van der Waals surface area contributed by atoms with Gasteiger partial charge in [0, 0.05) is 28.0 Å². The quantitative estimate of drug-likeness (QED) is 0.380. The maximum absolute atomic E-state index is 11.6. The van der Waals surface area contributed by atoms with Crippen LogP contribution in [0.1, 0.15) is 49.3 Å². The first-order chi connectivity index (χ1) is 15.3. The molecule has 0 spiro atoms. The summed E-state index contributed by atoms with van der Waals surface area (Å²) in [6.45, 7) is 17.1. The van der Waals surface area contributed by atoms with Crippen molar-refractivity contribution in [1.82, 2.24) is 5.43 Å². The van der Waals surface area contributed by atoms with Crippen LogP contribution in [0.25, 0.3) is 0 Å². The lowest BCUT2D eigenvalue weighted by molar-refractivity contribution is -0.118. The van der Waals surface area contributed by atoms with E-state index < -0.39 is 14.4 Å². The molecule has 0 saturated carbocycles. The van der Waals surface area contributed by atoms with Crippen molar-refractivity contribution < 1.29 is 9.22 Å². The number of anilines is 1. The van der Waals surface area contributed by atoms with Crippen LogP contribution >= 0.6 is 22.9 Å². The highest BCUT2D eigenvalue weighted by Crippen LogP contribution is 2.38. The molecule has 1 aliphatic rings. The predicted octanol–water partition coefficient (Wildman–Crippen LogP) is 6.12. The molecule has 9 heteroatoms. The van der Waals surface area contributed by atoms with E-state index in [0.717, 1.165) is 21.8 Å². The van der Waals surface area contributed by atoms with E-state index in [0.29, 0.717) is 17.5 Å². The number of aliphatic imine (C=N–C) groups is 1. The Hall–Kier alpha value is -2.00. The van der Waals surface area contributed by atoms with Gasteiger partial charge in [0.25, 0.3) is 0 Å². The zero-order valence-electron chi connectivity index (χ0n) is 20.6. The van der Waals surface area contributed by atoms with Gasteiger partial charge in [-0.25, -0.2) is 5.43 Å². The lowest BCUT2D eigenvalue weighted by Crippen LogP contribution is -2.44. The van der Waals surface area contributed by atoms with Gasteiger partial charge in [0.1, 0.15) is 11.0 Å². The summed E-state index contributed by atoms with van der Waals surface area (Å²) in [5.41, 5.74) is 6.63. The van der Waals surface area contributed by atoms with Gasteiger partial charge >= 0.3 is 0 Å². The number of aryl methyl sites for hydroxylation is 1. The number of amides is 1. The predicted molar refractivity (Wildman–Crippen MR) is 143 cm³/mol. The number of nitrogens with one attached hydrogen (secondary N) is 2. The molecule has 1 amide bonds. The second kappa shape index (κ2) is 9.70. The summed E-state index contributed by atoms with van der Waals surface area (Å²) in [7, 11) is -2.03. The minimum Gasteiger partial charge on any atom is -0.414 e. The molecule has 178 valence electrons. The third-order valence-corrected chi connectivity index (χ3v) is 12.2. The molecule has 0 saturated heterocycles. The molecule has 0 radical (unpaired) electrons. The third-order valence-electron chi connectivity index (χ3n) is 6.32. The number of carbonyl (C=O) groups is 1. The van der Waals surface area contributed by atoms with Gasteiger partial charge in [0.05, 0.1) is 12.3 Å². The van der Waals surface area contributed by atoms with Crippen molar-refractivity contribution in [1.29, 1.82) is 0 Å². The molecule has 0 aliphatic carbocycles. The van der Waals surface area contributed by atoms with Crippen molar-refractivity contribution in [3.63, 3.8) is 0 Å². The number of rotatable bonds is 5. The number of fused-ring (bicyclic) bond motifs is 1. The van der Waals surface area contributed by atoms with E-state index in [4.69, 9.17) is 21.0 Å². The highest BCUT2D eigenvalue weighted by molar-refractivity contribution is 7.17. The Morgan fingerprint density at radius 1 is 1.27 bits per heavy atom. The molecule has 2 N–H and O–H groups in total. The Bertz CT molecular complexity index is 1100. The first-order valence-electron chi connectivity index (χ1n) is 11.0. The number of halogens is 1. The number of carbonyl (C=O) groups excluding carboxylic acids is 1. The van der Waals surface area contributed by atoms with Crippen LogP contribution in [-0.2, 0) is 9.22 Å². The van der Waals surface area contributed by atoms with Crippen LogP contribution < -0.4 is 10.7 Å². The Labute approximate surface area is 206 Å². The fourth-order valence-electron chi connectivity index (χ4n) is 3.17. The van der Waals surface area contributed by atoms with Gasteiger partial charge in [-0.15, -0.1) is 11.3 Å². The van der Waals surface area contributed by atoms with Crippen LogP contribution in [0.5, 0.6) is 0 Å². The number of hydrogen-bond donors (Lipinski definition) is 2. The van der Waals surface area contributed by atoms with Crippen LogP contribution in [0.4, 0.5) is 5.00 Å². The van der Waals surface area contributed by atoms with Crippen LogP contribution in [0, 0.1) is 13.8 Å². The van der Waals surface area contributed by atoms with Gasteiger partial charge < -0.3 is 9.74 Å². The zero-order chi connectivity index (χ0) is 24.6. The van der Waals surface area contributed by atoms with Gasteiger partial charge in [-0.05, 0) is 49.7 Å². The number of hydrogen-bond acceptors (Lipinski definition) is 5. The minimum absolute atomic E-state index is 0.0646. The summed E-state index contributed by atoms with van der Waals surface area (Å²) in [6.07, 6.45) is 0. The van der Waals surface area contributed by atoms with Gasteiger partial charge in [0.2, 0.25) is 5.91 Å². The molecule has 2 aromatic rings. The van der Waals surface area contributed by atoms with E-state index in [2.05, 4.69) is 63.6 Å². The molecular formula is C24H33ClN4O2SSi. The van der Waals surface area contributed by atoms with Crippen molar-refractivity contribution in [2.75, 3.05) is 11.9 Å². The molecule has 33 heavy (non-hydrogen) atoms. The summed E-state index contributed by atoms with van der Waals surface area (Å²) in [5, 5.41) is 9.55. The SMILES string of the molecule is CC(=O)N/N=C1\Nc2sc(C)c(C)c2C(c2ccc(Cl)cc2)=N[C@H]1CO[Si](C)(C)C(C)(C)C. The maximum atomic E-state index is 11.6. The van der Waals surface area contributed by atoms with Crippen molar-refractivity contribution in [2.45, 2.75) is 65.7 Å². The van der Waals surface area contributed by atoms with E-state index in [-0.39, 0.29) is 10.9 Å². The second-order valence-corrected chi connectivity index (χ2v) is 16.3. The van der Waals surface area contributed by atoms with Gasteiger partial charge in [-0.3, -0.25) is 9.79 Å². The van der Waals surface area contributed by atoms with E-state index in [1.807, 2.05) is 24.3 Å². The van der Waals surface area contributed by atoms with E-state index in [1.165, 1.54) is 17.4 Å². The third kappa shape index (κ3) is 5.74. The summed E-state index contributed by atoms with van der Waals surface area (Å²) < 4.78 is 6.54. The molecule has 0 bridgehead atoms. The Balaban J connectivity index is 2.14. The molecule has 0 unspecified atom stereocenters. The van der Waals surface area contributed by atoms with Gasteiger partial charge in [-0.1, -0.05) is 44.5 Å². The van der Waals surface area contributed by atoms with E-state index in [1.54, 1.807) is 11.3 Å². The fraction of sp³-hybridized carbons (Fsp3) is 0.458. The molecule has 1 aromatic carbocycles. The lowest BCUT2D eigenvalue weighted by atomic mass is 10.00. The first kappa shape index (κ1) is 25.6. The highest BCUT2D eigenvalue weighted by Gasteiger charge is 2.38. The minimum atomic E-state index is -2.03. The van der Waals surface area contributed by atoms with Crippen LogP contribution in [-0.4, -0.2) is 38.4 Å². The summed E-state index contributed by atoms with van der Waals surface area (Å²) in [5.74, 6) is 0.327. The number of benzene rings is 1. The zero-order valence-corrected chi connectivity index (χ0v) is 23.2. The largest absolute Gasteiger partial charge is 0.414 e. The number of hydrazone groups is 1. The molecule has 6 nitrogen and oxygen atoms in total. The maximum Gasteiger partial charge on any atom is 0.237 e. The van der Waals surface area contributed by atoms with Crippen molar-refractivity contribution in [3.05, 3.63) is 50.9 Å². The van der Waals surface area contributed by atoms with Crippen molar-refractivity contribution in [3.8, 4) is 0 Å². The highest BCUT2D eigenvalue weighted by atomic mass is 35.5. The molecular weight excluding hydrogens is 472 g/mol. The van der Waals surface area contributed by atoms with E-state index >= 15 is 0 Å². The first-order valence-corrected chi connectivity index (χ1v) is 15.1. The average Bonchev–Trinajstić information content (AvgIpc) is 2.90. The summed E-state index contributed by atoms with van der Waals surface area (Å²) in [6, 6.07) is 7.31. The Morgan fingerprint density at radius 2 is 1.91 bits per heavy atom. The van der Waals surface area contributed by atoms with Crippen LogP contribution in [0.3, 0.4) is 0 Å². The Morgan fingerprint density at radius 3 is 2.48 bits per heavy atom. The lowest BCUT2D eigenvalue weighted by Gasteiger charge is -2.36. The molecule has 2 heterocycles. The average molecular weight is 505 g/mol. The van der Waals surface area contributed by atoms with Crippen molar-refractivity contribution >= 4 is 53.7 Å². The normalized spacial score (nSPS) is 17.8. The number of thiophene rings is 1. The van der Waals surface area contributed by atoms with Gasteiger partial charge in [-0.2, -0.15) is 5.10 Å². The second-order valence-electron chi connectivity index (χ2n) is 9.85. The summed E-state index contributed by atoms with van der Waals surface area (Å²) in [4.78, 5) is 18.0. The topological polar surface area (TPSA) is 75.1 Å². The molecule has 1 aromatic heterocycles. The molecule has 1 atom stereocenters. The smallest absolute Gasteiger partial charge is 0.237 e. The fourth-order valence-corrected chi connectivity index (χ4v) is 5.37. The number of nitrogens with zero attached hydrogens (tertiary/aromatic N) is 2. The Kier molecular flexibility index (Phi) is 7.53. The summed E-state index contributed by atoms with van der Waals surface area (Å²) >= 11 is 7.81. The molecule has 1 aliphatic heterocycles. The molecule has 3 rings (SSSR count). The standard InChI is InChI=1S/C24H33ClN4O2SSi/c1-14-15(2)32-23-20(14)21(17-9-11-18(25)12-10-17)26-19(22(27-23)29-28-16(3)30)13-31-33(7,8)24(4,5)6/h9-12,19H,13H2,1-8H3,(H,27,29)(H,28,30)/t19-/m0/s1. The van der Waals surface area contributed by atoms with Crippen LogP contribution in [0.2, 0.25) is 23.2 Å². The monoisotopic (exact) mass is 504 g/mol. The van der Waals surface area contributed by atoms with Crippen LogP contribution in [0.15, 0.2) is 34.4 Å².